The second-order valence-electron chi connectivity index (χ2n) is 14.9. The third-order valence-electron chi connectivity index (χ3n) is 12.3. The number of ketones is 1. The van der Waals surface area contributed by atoms with Crippen molar-refractivity contribution < 1.29 is 14.3 Å². The maximum absolute atomic E-state index is 11.9. The van der Waals surface area contributed by atoms with E-state index < -0.39 is 0 Å². The largest absolute Gasteiger partial charge is 0.785 e. The summed E-state index contributed by atoms with van der Waals surface area (Å²) in [6.07, 6.45) is 14.9. The van der Waals surface area contributed by atoms with Crippen LogP contribution in [0.15, 0.2) is 0 Å². The van der Waals surface area contributed by atoms with Crippen LogP contribution in [0, 0.1) is 51.5 Å². The maximum atomic E-state index is 11.9. The van der Waals surface area contributed by atoms with Crippen LogP contribution in [-0.2, 0) is 14.3 Å². The summed E-state index contributed by atoms with van der Waals surface area (Å²) in [5.41, 5.74) is 0.791. The Hall–Kier alpha value is -0.490. The van der Waals surface area contributed by atoms with Gasteiger partial charge in [0.1, 0.15) is 11.4 Å². The molecule has 37 heavy (non-hydrogen) atoms. The van der Waals surface area contributed by atoms with E-state index in [1.165, 1.54) is 64.7 Å². The fraction of sp³-hybridized carbons (Fsp3) is 0.969. The minimum Gasteiger partial charge on any atom is -0.785 e. The van der Waals surface area contributed by atoms with E-state index in [4.69, 9.17) is 9.47 Å². The highest BCUT2D eigenvalue weighted by atomic mass is 16.6. The monoisotopic (exact) mass is 516 g/mol. The van der Waals surface area contributed by atoms with Gasteiger partial charge in [-0.2, -0.15) is 0 Å². The standard InChI is InChI=1S/C32H54NO4/c1-21(2)8-7-9-22(3)26-10-11-27-25-18-29-32(37-29)19-24(36-17-16-33(35)20-23(4)34)12-15-31(32,6)28(25)13-14-30(26,27)5/h21-22,24-29H,7-20H2,1-6H3/q-1/t22-,24+,25?,26-,27?,28?,29?,30-,31-,32?/m1/s1. The van der Waals surface area contributed by atoms with Gasteiger partial charge < -0.3 is 19.7 Å². The van der Waals surface area contributed by atoms with E-state index in [1.54, 1.807) is 0 Å². The van der Waals surface area contributed by atoms with E-state index in [-0.39, 0.29) is 36.0 Å². The quantitative estimate of drug-likeness (QED) is 0.218. The molecule has 1 aliphatic heterocycles. The molecule has 0 amide bonds. The van der Waals surface area contributed by atoms with Crippen molar-refractivity contribution in [1.29, 1.82) is 0 Å². The van der Waals surface area contributed by atoms with E-state index in [2.05, 4.69) is 34.6 Å². The molecule has 0 aromatic carbocycles. The second-order valence-corrected chi connectivity index (χ2v) is 14.9. The van der Waals surface area contributed by atoms with Crippen molar-refractivity contribution in [3.05, 3.63) is 5.21 Å². The van der Waals surface area contributed by atoms with Crippen molar-refractivity contribution in [2.45, 2.75) is 130 Å². The molecule has 10 atom stereocenters. The van der Waals surface area contributed by atoms with Crippen molar-refractivity contribution in [3.63, 3.8) is 0 Å². The number of Topliss-reactive ketones (excluding diaryl/α,β-unsaturated/α-hetero) is 1. The van der Waals surface area contributed by atoms with Crippen LogP contribution in [-0.4, -0.2) is 48.4 Å². The molecule has 5 fully saturated rings. The number of ether oxygens (including phenoxy) is 2. The first kappa shape index (κ1) is 28.1. The number of hydrogen-bond donors (Lipinski definition) is 0. The maximum Gasteiger partial charge on any atom is 0.142 e. The number of epoxide rings is 1. The molecule has 0 N–H and O–H groups in total. The van der Waals surface area contributed by atoms with Gasteiger partial charge in [-0.15, -0.1) is 0 Å². The Labute approximate surface area is 226 Å². The van der Waals surface area contributed by atoms with E-state index in [0.29, 0.717) is 18.1 Å². The number of carbonyl (C=O) groups excluding carboxylic acids is 1. The average Bonchev–Trinajstić information content (AvgIpc) is 3.39. The van der Waals surface area contributed by atoms with Crippen LogP contribution in [0.2, 0.25) is 0 Å². The van der Waals surface area contributed by atoms with Crippen LogP contribution in [0.5, 0.6) is 0 Å². The molecular formula is C32H54NO4-. The van der Waals surface area contributed by atoms with E-state index in [0.717, 1.165) is 53.4 Å². The molecule has 1 heterocycles. The van der Waals surface area contributed by atoms with Crippen LogP contribution in [0.3, 0.4) is 0 Å². The first-order valence-electron chi connectivity index (χ1n) is 15.7. The Bertz CT molecular complexity index is 832. The zero-order valence-corrected chi connectivity index (χ0v) is 24.6. The molecule has 4 saturated carbocycles. The van der Waals surface area contributed by atoms with Crippen LogP contribution in [0.25, 0.3) is 0 Å². The first-order chi connectivity index (χ1) is 17.5. The lowest BCUT2D eigenvalue weighted by Crippen LogP contribution is -2.59. The molecule has 5 aliphatic rings. The van der Waals surface area contributed by atoms with E-state index in [1.807, 2.05) is 0 Å². The van der Waals surface area contributed by atoms with Gasteiger partial charge in [-0.3, -0.25) is 4.79 Å². The molecular weight excluding hydrogens is 462 g/mol. The lowest BCUT2D eigenvalue weighted by atomic mass is 9.44. The van der Waals surface area contributed by atoms with Gasteiger partial charge in [-0.05, 0) is 92.8 Å². The Morgan fingerprint density at radius 2 is 1.86 bits per heavy atom. The van der Waals surface area contributed by atoms with Gasteiger partial charge in [0.15, 0.2) is 0 Å². The van der Waals surface area contributed by atoms with E-state index in [9.17, 15) is 10.0 Å². The van der Waals surface area contributed by atoms with Crippen molar-refractivity contribution in [3.8, 4) is 0 Å². The van der Waals surface area contributed by atoms with Crippen LogP contribution in [0.1, 0.15) is 112 Å². The Morgan fingerprint density at radius 3 is 2.59 bits per heavy atom. The summed E-state index contributed by atoms with van der Waals surface area (Å²) in [6, 6.07) is 0. The molecule has 1 saturated heterocycles. The highest BCUT2D eigenvalue weighted by Crippen LogP contribution is 2.74. The number of hydrogen-bond acceptors (Lipinski definition) is 5. The first-order valence-corrected chi connectivity index (χ1v) is 15.7. The lowest BCUT2D eigenvalue weighted by molar-refractivity contribution is -0.126. The fourth-order valence-corrected chi connectivity index (χ4v) is 10.5. The van der Waals surface area contributed by atoms with Gasteiger partial charge in [-0.25, -0.2) is 0 Å². The summed E-state index contributed by atoms with van der Waals surface area (Å²) in [5, 5.41) is 12.7. The molecule has 0 radical (unpaired) electrons. The van der Waals surface area contributed by atoms with Crippen molar-refractivity contribution >= 4 is 5.78 Å². The third-order valence-corrected chi connectivity index (χ3v) is 12.3. The molecule has 5 unspecified atom stereocenters. The second kappa shape index (κ2) is 10.5. The fourth-order valence-electron chi connectivity index (χ4n) is 10.5. The normalized spacial score (nSPS) is 45.2. The van der Waals surface area contributed by atoms with Gasteiger partial charge in [0, 0.05) is 24.9 Å². The summed E-state index contributed by atoms with van der Waals surface area (Å²) < 4.78 is 12.9. The Balaban J connectivity index is 1.20. The predicted molar refractivity (Wildman–Crippen MR) is 148 cm³/mol. The number of nitrogens with zero attached hydrogens (tertiary/aromatic N) is 1. The molecule has 5 nitrogen and oxygen atoms in total. The van der Waals surface area contributed by atoms with E-state index >= 15 is 0 Å². The molecule has 1 spiro atoms. The highest BCUT2D eigenvalue weighted by molar-refractivity contribution is 5.77. The molecule has 5 heteroatoms. The number of fused-ring (bicyclic) bond motifs is 4. The molecule has 4 aliphatic carbocycles. The zero-order chi connectivity index (χ0) is 26.6. The molecule has 0 aromatic rings. The molecule has 5 rings (SSSR count). The summed E-state index contributed by atoms with van der Waals surface area (Å²) in [5.74, 6) is 4.98. The van der Waals surface area contributed by atoms with Gasteiger partial charge in [0.05, 0.1) is 18.8 Å². The van der Waals surface area contributed by atoms with Gasteiger partial charge >= 0.3 is 0 Å². The van der Waals surface area contributed by atoms with Crippen LogP contribution in [0.4, 0.5) is 0 Å². The zero-order valence-electron chi connectivity index (χ0n) is 24.6. The van der Waals surface area contributed by atoms with Crippen molar-refractivity contribution in [2.24, 2.45) is 46.3 Å². The Kier molecular flexibility index (Phi) is 7.95. The Morgan fingerprint density at radius 1 is 1.08 bits per heavy atom. The predicted octanol–water partition coefficient (Wildman–Crippen LogP) is 7.01. The smallest absolute Gasteiger partial charge is 0.142 e. The van der Waals surface area contributed by atoms with Crippen molar-refractivity contribution in [1.82, 2.24) is 5.06 Å². The molecule has 212 valence electrons. The minimum absolute atomic E-state index is 0.00348. The minimum atomic E-state index is -0.0916. The average molecular weight is 517 g/mol. The van der Waals surface area contributed by atoms with Gasteiger partial charge in [0.2, 0.25) is 0 Å². The molecule has 0 bridgehead atoms. The van der Waals surface area contributed by atoms with Crippen molar-refractivity contribution in [2.75, 3.05) is 19.7 Å². The third kappa shape index (κ3) is 4.98. The number of hydroxylamine groups is 2. The summed E-state index contributed by atoms with van der Waals surface area (Å²) >= 11 is 0. The van der Waals surface area contributed by atoms with Crippen LogP contribution >= 0.6 is 0 Å². The van der Waals surface area contributed by atoms with Gasteiger partial charge in [-0.1, -0.05) is 53.9 Å². The van der Waals surface area contributed by atoms with Gasteiger partial charge in [0.25, 0.3) is 0 Å². The molecule has 0 aromatic heterocycles. The lowest BCUT2D eigenvalue weighted by Gasteiger charge is -2.59. The topological polar surface area (TPSA) is 65.1 Å². The summed E-state index contributed by atoms with van der Waals surface area (Å²) in [6.45, 7) is 14.6. The highest BCUT2D eigenvalue weighted by Gasteiger charge is 2.76. The number of rotatable bonds is 11. The summed E-state index contributed by atoms with van der Waals surface area (Å²) in [4.78, 5) is 11.2. The van der Waals surface area contributed by atoms with Crippen LogP contribution < -0.4 is 0 Å². The summed E-state index contributed by atoms with van der Waals surface area (Å²) in [7, 11) is 0. The number of carbonyl (C=O) groups is 1. The SMILES string of the molecule is CC(=O)CN([O-])CCO[C@H]1CC[C@]2(C)C3CC[C@@]4(C)C(CC[C@@H]4[C@H](C)CCCC(C)C)C3CC3OC32C1.